The third kappa shape index (κ3) is 9.20. The monoisotopic (exact) mass is 737 g/mol. The molecule has 50 heavy (non-hydrogen) atoms. The molecule has 0 saturated heterocycles. The molecule has 0 spiro atoms. The Labute approximate surface area is 307 Å². The van der Waals surface area contributed by atoms with E-state index in [1.54, 1.807) is 13.1 Å². The van der Waals surface area contributed by atoms with E-state index >= 15 is 0 Å². The number of carbonyl (C=O) groups excluding carboxylic acids is 3. The van der Waals surface area contributed by atoms with Gasteiger partial charge in [-0.25, -0.2) is 0 Å². The van der Waals surface area contributed by atoms with Crippen molar-refractivity contribution < 1.29 is 14.4 Å². The van der Waals surface area contributed by atoms with Gasteiger partial charge in [0, 0.05) is 59.0 Å². The summed E-state index contributed by atoms with van der Waals surface area (Å²) in [5.41, 5.74) is 15.1. The minimum absolute atomic E-state index is 0.0885. The number of para-hydroxylation sites is 1. The smallest absolute Gasteiger partial charge is 0.245 e. The highest BCUT2D eigenvalue weighted by Crippen LogP contribution is 2.38. The number of aromatic amines is 1. The summed E-state index contributed by atoms with van der Waals surface area (Å²) in [6.45, 7) is 1.37. The summed E-state index contributed by atoms with van der Waals surface area (Å²) in [6.07, 6.45) is 4.90. The highest BCUT2D eigenvalue weighted by atomic mass is 35.5. The number of benzene rings is 3. The first-order valence-electron chi connectivity index (χ1n) is 17.0. The van der Waals surface area contributed by atoms with Crippen LogP contribution in [0.15, 0.2) is 76.7 Å². The van der Waals surface area contributed by atoms with Crippen molar-refractivity contribution in [2.45, 2.75) is 79.5 Å². The summed E-state index contributed by atoms with van der Waals surface area (Å²) >= 11 is 14.8. The number of fused-ring (bicyclic) bond motifs is 3. The molecule has 3 amide bonds. The van der Waals surface area contributed by atoms with E-state index < -0.39 is 18.1 Å². The van der Waals surface area contributed by atoms with Gasteiger partial charge in [0.05, 0.1) is 16.1 Å². The first-order valence-corrected chi connectivity index (χ1v) is 18.5. The maximum absolute atomic E-state index is 14.4. The van der Waals surface area contributed by atoms with E-state index in [0.717, 1.165) is 31.8 Å². The van der Waals surface area contributed by atoms with Gasteiger partial charge in [0.2, 0.25) is 17.7 Å². The standard InChI is InChI=1S/C37H45Cl2N7O3S/c1-46-31(19-24-21-42-28-11-4-3-10-25(24)28)36(48)44-22-26-33(16-15-27(38)34(26)39)50-32-14-5-2-9-23(32)20-43-29(13-8-18-41)35(47)45-30(37(46)49)12-6-7-17-40/h2-5,9-11,14-16,21,29-31,42-43H,6-8,12-13,17-20,22,40-41H2,1H3,(H,44,48)(H,45,47)/t29-,30-,31-/m0/s1. The lowest BCUT2D eigenvalue weighted by molar-refractivity contribution is -0.142. The zero-order valence-electron chi connectivity index (χ0n) is 28.1. The predicted octanol–water partition coefficient (Wildman–Crippen LogP) is 5.14. The van der Waals surface area contributed by atoms with Crippen LogP contribution in [0.1, 0.15) is 48.8 Å². The number of hydrogen-bond acceptors (Lipinski definition) is 7. The molecule has 3 aromatic carbocycles. The summed E-state index contributed by atoms with van der Waals surface area (Å²) < 4.78 is 0. The van der Waals surface area contributed by atoms with Gasteiger partial charge in [-0.2, -0.15) is 0 Å². The van der Waals surface area contributed by atoms with Gasteiger partial charge in [-0.05, 0) is 80.6 Å². The Kier molecular flexibility index (Phi) is 13.6. The Balaban J connectivity index is 1.57. The Hall–Kier alpha value is -3.58. The maximum atomic E-state index is 14.4. The van der Waals surface area contributed by atoms with E-state index in [4.69, 9.17) is 34.7 Å². The molecule has 13 heteroatoms. The van der Waals surface area contributed by atoms with Crippen LogP contribution in [0.5, 0.6) is 0 Å². The van der Waals surface area contributed by atoms with E-state index in [9.17, 15) is 14.4 Å². The largest absolute Gasteiger partial charge is 0.361 e. The number of unbranched alkanes of at least 4 members (excludes halogenated alkanes) is 1. The highest BCUT2D eigenvalue weighted by molar-refractivity contribution is 7.99. The van der Waals surface area contributed by atoms with Gasteiger partial charge in [0.15, 0.2) is 0 Å². The third-order valence-corrected chi connectivity index (χ3v) is 11.2. The topological polar surface area (TPSA) is 158 Å². The van der Waals surface area contributed by atoms with Crippen molar-refractivity contribution in [1.29, 1.82) is 0 Å². The molecule has 10 nitrogen and oxygen atoms in total. The number of aromatic nitrogens is 1. The van der Waals surface area contributed by atoms with Crippen molar-refractivity contribution in [2.24, 2.45) is 11.5 Å². The molecule has 3 atom stereocenters. The number of H-pyrrole nitrogens is 1. The molecular formula is C37H45Cl2N7O3S. The fraction of sp³-hybridized carbons (Fsp3) is 0.378. The van der Waals surface area contributed by atoms with Gasteiger partial charge in [0.1, 0.15) is 12.1 Å². The number of likely N-dealkylation sites (N-methyl/N-ethyl adjacent to an activating group) is 1. The van der Waals surface area contributed by atoms with Crippen LogP contribution in [0, 0.1) is 0 Å². The Bertz CT molecular complexity index is 1800. The zero-order valence-corrected chi connectivity index (χ0v) is 30.5. The van der Waals surface area contributed by atoms with Crippen molar-refractivity contribution >= 4 is 63.6 Å². The lowest BCUT2D eigenvalue weighted by Crippen LogP contribution is -2.57. The zero-order chi connectivity index (χ0) is 35.6. The Morgan fingerprint density at radius 3 is 2.38 bits per heavy atom. The first kappa shape index (κ1) is 37.7. The highest BCUT2D eigenvalue weighted by Gasteiger charge is 2.34. The molecule has 0 unspecified atom stereocenters. The van der Waals surface area contributed by atoms with Crippen LogP contribution in [-0.4, -0.2) is 65.9 Å². The van der Waals surface area contributed by atoms with E-state index in [1.165, 1.54) is 16.7 Å². The molecule has 0 radical (unpaired) electrons. The van der Waals surface area contributed by atoms with Crippen molar-refractivity contribution in [2.75, 3.05) is 20.1 Å². The summed E-state index contributed by atoms with van der Waals surface area (Å²) in [4.78, 5) is 49.1. The Morgan fingerprint density at radius 1 is 0.840 bits per heavy atom. The normalized spacial score (nSPS) is 19.4. The van der Waals surface area contributed by atoms with E-state index in [1.807, 2.05) is 60.8 Å². The fourth-order valence-electron chi connectivity index (χ4n) is 6.21. The summed E-state index contributed by atoms with van der Waals surface area (Å²) in [5, 5.41) is 11.2. The molecule has 4 aromatic rings. The summed E-state index contributed by atoms with van der Waals surface area (Å²) in [6, 6.07) is 17.0. The van der Waals surface area contributed by atoms with Crippen LogP contribution in [-0.2, 0) is 33.9 Å². The van der Waals surface area contributed by atoms with Crippen LogP contribution in [0.3, 0.4) is 0 Å². The van der Waals surface area contributed by atoms with Gasteiger partial charge in [-0.1, -0.05) is 71.4 Å². The second-order valence-corrected chi connectivity index (χ2v) is 14.4. The van der Waals surface area contributed by atoms with E-state index in [0.29, 0.717) is 67.3 Å². The lowest BCUT2D eigenvalue weighted by atomic mass is 10.0. The fourth-order valence-corrected chi connectivity index (χ4v) is 7.77. The summed E-state index contributed by atoms with van der Waals surface area (Å²) in [7, 11) is 1.62. The Morgan fingerprint density at radius 2 is 1.58 bits per heavy atom. The number of nitrogens with one attached hydrogen (secondary N) is 4. The van der Waals surface area contributed by atoms with Gasteiger partial charge in [-0.15, -0.1) is 0 Å². The van der Waals surface area contributed by atoms with Crippen molar-refractivity contribution in [3.8, 4) is 0 Å². The van der Waals surface area contributed by atoms with Gasteiger partial charge in [0.25, 0.3) is 0 Å². The van der Waals surface area contributed by atoms with Gasteiger partial charge in [-0.3, -0.25) is 14.4 Å². The molecule has 0 fully saturated rings. The van der Waals surface area contributed by atoms with Gasteiger partial charge >= 0.3 is 0 Å². The first-order chi connectivity index (χ1) is 24.2. The maximum Gasteiger partial charge on any atom is 0.245 e. The second kappa shape index (κ2) is 18.1. The number of amides is 3. The number of nitrogens with two attached hydrogens (primary N) is 2. The molecule has 1 aromatic heterocycles. The number of nitrogens with zero attached hydrogens (tertiary/aromatic N) is 1. The predicted molar refractivity (Wildman–Crippen MR) is 201 cm³/mol. The van der Waals surface area contributed by atoms with Crippen molar-refractivity contribution in [1.82, 2.24) is 25.8 Å². The lowest BCUT2D eigenvalue weighted by Gasteiger charge is -2.32. The minimum Gasteiger partial charge on any atom is -0.361 e. The van der Waals surface area contributed by atoms with Crippen LogP contribution in [0.2, 0.25) is 10.0 Å². The molecule has 1 aliphatic rings. The van der Waals surface area contributed by atoms with Crippen LogP contribution >= 0.6 is 35.0 Å². The molecule has 8 N–H and O–H groups in total. The summed E-state index contributed by atoms with van der Waals surface area (Å²) in [5.74, 6) is -1.02. The second-order valence-electron chi connectivity index (χ2n) is 12.5. The molecule has 1 aliphatic heterocycles. The molecule has 5 rings (SSSR count). The van der Waals surface area contributed by atoms with E-state index in [2.05, 4.69) is 20.9 Å². The number of hydrogen-bond donors (Lipinski definition) is 6. The number of carbonyl (C=O) groups is 3. The average Bonchev–Trinajstić information content (AvgIpc) is 3.53. The molecule has 2 heterocycles. The van der Waals surface area contributed by atoms with Crippen molar-refractivity contribution in [3.05, 3.63) is 93.6 Å². The van der Waals surface area contributed by atoms with Crippen molar-refractivity contribution in [3.63, 3.8) is 0 Å². The van der Waals surface area contributed by atoms with Crippen LogP contribution < -0.4 is 27.4 Å². The molecule has 0 aliphatic carbocycles. The van der Waals surface area contributed by atoms with Crippen LogP contribution in [0.25, 0.3) is 10.9 Å². The van der Waals surface area contributed by atoms with Crippen LogP contribution in [0.4, 0.5) is 0 Å². The molecule has 266 valence electrons. The number of halogens is 2. The molecular weight excluding hydrogens is 693 g/mol. The quantitative estimate of drug-likeness (QED) is 0.130. The average molecular weight is 739 g/mol. The minimum atomic E-state index is -0.910. The third-order valence-electron chi connectivity index (χ3n) is 9.10. The van der Waals surface area contributed by atoms with Gasteiger partial charge < -0.3 is 37.3 Å². The molecule has 0 bridgehead atoms. The number of rotatable bonds is 9. The molecule has 0 saturated carbocycles. The van der Waals surface area contributed by atoms with E-state index in [-0.39, 0.29) is 30.7 Å². The SMILES string of the molecule is CN1C(=O)[C@H](CCCCN)NC(=O)[C@H](CCCN)NCc2ccccc2Sc2ccc(Cl)c(Cl)c2CNC(=O)[C@@H]1Cc1c[nH]c2ccccc12.